The van der Waals surface area contributed by atoms with Gasteiger partial charge in [0.05, 0.1) is 13.2 Å². The number of carbonyl (C=O) groups is 4. The highest BCUT2D eigenvalue weighted by atomic mass is 16.5. The number of aliphatic hydroxyl groups excluding tert-OH is 1. The quantitative estimate of drug-likeness (QED) is 0.0276. The topological polar surface area (TPSA) is 142 Å². The molecule has 0 spiro atoms. The standard InChI is InChI=1S/C49H78N2O7/c1-3-5-7-9-11-13-15-17-19-20-21-22-23-25-27-29-31-33-35-41-48(55)58-44(38-34-32-30-28-26-24-18-16-14-12-10-8-6-4-2)39-36-37-40-46(53)50-42-47(54)51-45(43-52)49(56)57/h6,8,11-14,17-19,21-22,24,28,30,34,38,44-45,52H,3-5,7,9-10,15-16,20,23,25-27,29,31-33,35-37,39-43H2,1-2H3,(H,50,53)(H,51,54)(H,56,57)/b8-6-,13-11-,14-12-,19-17-,22-21-,24-18-,30-28-,38-34-. The number of unbranched alkanes of at least 4 members (excludes halogenated alkanes) is 10. The maximum atomic E-state index is 12.8. The molecule has 58 heavy (non-hydrogen) atoms. The number of allylic oxidation sites excluding steroid dienone is 15. The Balaban J connectivity index is 4.55. The molecule has 2 unspecified atom stereocenters. The molecule has 9 nitrogen and oxygen atoms in total. The number of esters is 1. The summed E-state index contributed by atoms with van der Waals surface area (Å²) in [4.78, 5) is 47.9. The molecule has 0 aliphatic rings. The van der Waals surface area contributed by atoms with Crippen molar-refractivity contribution in [2.75, 3.05) is 13.2 Å². The first kappa shape index (κ1) is 53.8. The minimum absolute atomic E-state index is 0.174. The highest BCUT2D eigenvalue weighted by Gasteiger charge is 2.19. The van der Waals surface area contributed by atoms with Crippen LogP contribution in [0.3, 0.4) is 0 Å². The molecule has 2 atom stereocenters. The normalized spacial score (nSPS) is 13.4. The van der Waals surface area contributed by atoms with E-state index in [0.29, 0.717) is 25.7 Å². The van der Waals surface area contributed by atoms with Crippen molar-refractivity contribution >= 4 is 23.8 Å². The highest BCUT2D eigenvalue weighted by Crippen LogP contribution is 2.14. The molecule has 0 fully saturated rings. The van der Waals surface area contributed by atoms with E-state index in [9.17, 15) is 19.2 Å². The van der Waals surface area contributed by atoms with E-state index in [1.54, 1.807) is 0 Å². The Morgan fingerprint density at radius 1 is 0.552 bits per heavy atom. The summed E-state index contributed by atoms with van der Waals surface area (Å²) in [7, 11) is 0. The predicted molar refractivity (Wildman–Crippen MR) is 240 cm³/mol. The molecule has 0 rings (SSSR count). The van der Waals surface area contributed by atoms with E-state index < -0.39 is 24.5 Å². The van der Waals surface area contributed by atoms with E-state index in [1.165, 1.54) is 44.9 Å². The summed E-state index contributed by atoms with van der Waals surface area (Å²) in [6, 6.07) is -1.42. The van der Waals surface area contributed by atoms with E-state index in [1.807, 2.05) is 12.2 Å². The van der Waals surface area contributed by atoms with Crippen LogP contribution in [0.1, 0.15) is 162 Å². The van der Waals surface area contributed by atoms with Gasteiger partial charge in [0.25, 0.3) is 0 Å². The van der Waals surface area contributed by atoms with Crippen molar-refractivity contribution < 1.29 is 34.1 Å². The summed E-state index contributed by atoms with van der Waals surface area (Å²) in [5.74, 6) is -2.60. The molecule has 326 valence electrons. The summed E-state index contributed by atoms with van der Waals surface area (Å²) in [6.07, 6.45) is 55.8. The minimum Gasteiger partial charge on any atom is -0.480 e. The lowest BCUT2D eigenvalue weighted by molar-refractivity contribution is -0.147. The number of aliphatic hydroxyl groups is 1. The molecule has 9 heteroatoms. The van der Waals surface area contributed by atoms with Gasteiger partial charge in [-0.05, 0) is 102 Å². The Labute approximate surface area is 351 Å². The van der Waals surface area contributed by atoms with Gasteiger partial charge < -0.3 is 25.6 Å². The van der Waals surface area contributed by atoms with Crippen molar-refractivity contribution in [2.45, 2.75) is 174 Å². The number of nitrogens with one attached hydrogen (secondary N) is 2. The van der Waals surface area contributed by atoms with Crippen LogP contribution in [0.4, 0.5) is 0 Å². The molecular weight excluding hydrogens is 729 g/mol. The fourth-order valence-electron chi connectivity index (χ4n) is 5.66. The van der Waals surface area contributed by atoms with Crippen molar-refractivity contribution in [2.24, 2.45) is 0 Å². The van der Waals surface area contributed by atoms with Gasteiger partial charge in [0, 0.05) is 12.8 Å². The summed E-state index contributed by atoms with van der Waals surface area (Å²) in [5, 5.41) is 22.6. The minimum atomic E-state index is -1.42. The lowest BCUT2D eigenvalue weighted by atomic mass is 10.1. The maximum absolute atomic E-state index is 12.8. The predicted octanol–water partition coefficient (Wildman–Crippen LogP) is 11.0. The van der Waals surface area contributed by atoms with Crippen LogP contribution >= 0.6 is 0 Å². The molecule has 0 aliphatic heterocycles. The smallest absolute Gasteiger partial charge is 0.328 e. The molecule has 0 aromatic rings. The first-order valence-electron chi connectivity index (χ1n) is 22.1. The molecule has 0 aliphatic carbocycles. The SMILES string of the molecule is CC/C=C\C/C=C\C/C=C\C/C=C\C/C=C\C(CCCCC(=O)NCC(=O)NC(CO)C(=O)O)OC(=O)CCCCCCCC/C=C\C/C=C\C/C=C\CCCCC. The lowest BCUT2D eigenvalue weighted by Crippen LogP contribution is -2.47. The monoisotopic (exact) mass is 807 g/mol. The van der Waals surface area contributed by atoms with Crippen molar-refractivity contribution in [1.82, 2.24) is 10.6 Å². The van der Waals surface area contributed by atoms with Gasteiger partial charge in [-0.3, -0.25) is 14.4 Å². The number of hydrogen-bond donors (Lipinski definition) is 4. The van der Waals surface area contributed by atoms with Crippen molar-refractivity contribution in [3.8, 4) is 0 Å². The molecular formula is C49H78N2O7. The molecule has 0 aromatic carbocycles. The summed E-state index contributed by atoms with van der Waals surface area (Å²) >= 11 is 0. The summed E-state index contributed by atoms with van der Waals surface area (Å²) in [6.45, 7) is 3.24. The zero-order chi connectivity index (χ0) is 42.6. The van der Waals surface area contributed by atoms with Gasteiger partial charge in [-0.25, -0.2) is 4.79 Å². The first-order valence-corrected chi connectivity index (χ1v) is 22.1. The first-order chi connectivity index (χ1) is 28.3. The number of rotatable bonds is 38. The van der Waals surface area contributed by atoms with Gasteiger partial charge in [-0.15, -0.1) is 0 Å². The molecule has 4 N–H and O–H groups in total. The van der Waals surface area contributed by atoms with Crippen LogP contribution < -0.4 is 10.6 Å². The van der Waals surface area contributed by atoms with Gasteiger partial charge in [0.15, 0.2) is 0 Å². The molecule has 0 radical (unpaired) electrons. The Morgan fingerprint density at radius 2 is 1.03 bits per heavy atom. The molecule has 0 heterocycles. The van der Waals surface area contributed by atoms with Crippen LogP contribution in [0.5, 0.6) is 0 Å². The van der Waals surface area contributed by atoms with Crippen LogP contribution in [0.25, 0.3) is 0 Å². The molecule has 0 saturated carbocycles. The van der Waals surface area contributed by atoms with Crippen LogP contribution in [0.15, 0.2) is 97.2 Å². The number of aliphatic carboxylic acids is 1. The maximum Gasteiger partial charge on any atom is 0.328 e. The number of carboxylic acids is 1. The van der Waals surface area contributed by atoms with Crippen LogP contribution in [-0.4, -0.2) is 59.3 Å². The number of carboxylic acid groups (broad SMARTS) is 1. The molecule has 0 aromatic heterocycles. The molecule has 0 bridgehead atoms. The van der Waals surface area contributed by atoms with Crippen LogP contribution in [0, 0.1) is 0 Å². The fourth-order valence-corrected chi connectivity index (χ4v) is 5.66. The van der Waals surface area contributed by atoms with Crippen molar-refractivity contribution in [3.63, 3.8) is 0 Å². The summed E-state index contributed by atoms with van der Waals surface area (Å²) in [5.41, 5.74) is 0. The number of carbonyl (C=O) groups excluding carboxylic acids is 3. The van der Waals surface area contributed by atoms with E-state index in [2.05, 4.69) is 110 Å². The second kappa shape index (κ2) is 42.4. The van der Waals surface area contributed by atoms with E-state index in [0.717, 1.165) is 70.6 Å². The number of hydrogen-bond acceptors (Lipinski definition) is 6. The van der Waals surface area contributed by atoms with Gasteiger partial charge in [-0.1, -0.05) is 144 Å². The van der Waals surface area contributed by atoms with E-state index in [4.69, 9.17) is 14.9 Å². The van der Waals surface area contributed by atoms with Gasteiger partial charge in [0.2, 0.25) is 11.8 Å². The third-order valence-electron chi connectivity index (χ3n) is 9.05. The van der Waals surface area contributed by atoms with Gasteiger partial charge in [-0.2, -0.15) is 0 Å². The zero-order valence-electron chi connectivity index (χ0n) is 36.0. The van der Waals surface area contributed by atoms with Crippen molar-refractivity contribution in [1.29, 1.82) is 0 Å². The Kier molecular flexibility index (Phi) is 39.3. The summed E-state index contributed by atoms with van der Waals surface area (Å²) < 4.78 is 5.84. The van der Waals surface area contributed by atoms with E-state index >= 15 is 0 Å². The zero-order valence-corrected chi connectivity index (χ0v) is 36.0. The molecule has 0 saturated heterocycles. The van der Waals surface area contributed by atoms with Crippen LogP contribution in [0.2, 0.25) is 0 Å². The Morgan fingerprint density at radius 3 is 1.57 bits per heavy atom. The number of amides is 2. The second-order valence-corrected chi connectivity index (χ2v) is 14.4. The van der Waals surface area contributed by atoms with Crippen molar-refractivity contribution in [3.05, 3.63) is 97.2 Å². The number of ether oxygens (including phenoxy) is 1. The van der Waals surface area contributed by atoms with E-state index in [-0.39, 0.29) is 30.9 Å². The largest absolute Gasteiger partial charge is 0.480 e. The second-order valence-electron chi connectivity index (χ2n) is 14.4. The third-order valence-corrected chi connectivity index (χ3v) is 9.05. The Hall–Kier alpha value is -4.24. The van der Waals surface area contributed by atoms with Crippen LogP contribution in [-0.2, 0) is 23.9 Å². The van der Waals surface area contributed by atoms with Gasteiger partial charge in [0.1, 0.15) is 12.1 Å². The van der Waals surface area contributed by atoms with Gasteiger partial charge >= 0.3 is 11.9 Å². The fraction of sp³-hybridized carbons (Fsp3) is 0.592. The molecule has 2 amide bonds. The average molecular weight is 807 g/mol. The Bertz CT molecular complexity index is 1290. The lowest BCUT2D eigenvalue weighted by Gasteiger charge is -2.15. The highest BCUT2D eigenvalue weighted by molar-refractivity contribution is 5.87. The average Bonchev–Trinajstić information content (AvgIpc) is 3.21. The third kappa shape index (κ3) is 38.6.